The summed E-state index contributed by atoms with van der Waals surface area (Å²) in [6.45, 7) is 1.26. The Balaban J connectivity index is 1.57. The van der Waals surface area contributed by atoms with Crippen LogP contribution in [0.5, 0.6) is 0 Å². The van der Waals surface area contributed by atoms with Crippen LogP contribution in [0.15, 0.2) is 0 Å². The van der Waals surface area contributed by atoms with E-state index in [9.17, 15) is 9.59 Å². The maximum atomic E-state index is 12.0. The van der Waals surface area contributed by atoms with Crippen molar-refractivity contribution in [3.05, 3.63) is 0 Å². The molecule has 2 aliphatic rings. The zero-order valence-corrected chi connectivity index (χ0v) is 12.7. The number of hydrogen-bond donors (Lipinski definition) is 2. The maximum Gasteiger partial charge on any atom is 0.307 e. The monoisotopic (exact) mass is 297 g/mol. The third-order valence-corrected chi connectivity index (χ3v) is 4.70. The number of hydrogen-bond acceptors (Lipinski definition) is 3. The lowest BCUT2D eigenvalue weighted by atomic mass is 9.95. The van der Waals surface area contributed by atoms with Gasteiger partial charge in [0.2, 0.25) is 5.91 Å². The van der Waals surface area contributed by atoms with Gasteiger partial charge < -0.3 is 15.2 Å². The summed E-state index contributed by atoms with van der Waals surface area (Å²) in [5, 5.41) is 12.0. The highest BCUT2D eigenvalue weighted by molar-refractivity contribution is 5.85. The fraction of sp³-hybridized carbons (Fsp3) is 0.875. The van der Waals surface area contributed by atoms with Crippen LogP contribution in [0.25, 0.3) is 0 Å². The molecule has 0 radical (unpaired) electrons. The third-order valence-electron chi connectivity index (χ3n) is 4.70. The van der Waals surface area contributed by atoms with Crippen molar-refractivity contribution >= 4 is 11.9 Å². The first-order valence-corrected chi connectivity index (χ1v) is 8.30. The molecule has 2 rings (SSSR count). The molecule has 0 aromatic carbocycles. The first kappa shape index (κ1) is 16.3. The number of ether oxygens (including phenoxy) is 1. The van der Waals surface area contributed by atoms with Crippen molar-refractivity contribution in [3.63, 3.8) is 0 Å². The largest absolute Gasteiger partial charge is 0.481 e. The Hall–Kier alpha value is -1.10. The van der Waals surface area contributed by atoms with Crippen LogP contribution < -0.4 is 5.32 Å². The summed E-state index contributed by atoms with van der Waals surface area (Å²) in [6, 6.07) is 0. The molecule has 0 aliphatic heterocycles. The van der Waals surface area contributed by atoms with Gasteiger partial charge in [0.15, 0.2) is 0 Å². The minimum Gasteiger partial charge on any atom is -0.481 e. The Morgan fingerprint density at radius 1 is 1.00 bits per heavy atom. The van der Waals surface area contributed by atoms with E-state index in [1.165, 1.54) is 19.3 Å². The molecule has 2 fully saturated rings. The first-order valence-electron chi connectivity index (χ1n) is 8.30. The Bertz CT molecular complexity index is 352. The van der Waals surface area contributed by atoms with Gasteiger partial charge in [0.05, 0.1) is 17.9 Å². The summed E-state index contributed by atoms with van der Waals surface area (Å²) in [7, 11) is 0. The summed E-state index contributed by atoms with van der Waals surface area (Å²) >= 11 is 0. The van der Waals surface area contributed by atoms with E-state index in [1.807, 2.05) is 0 Å². The molecule has 2 atom stereocenters. The van der Waals surface area contributed by atoms with Crippen molar-refractivity contribution in [1.29, 1.82) is 0 Å². The van der Waals surface area contributed by atoms with Crippen LogP contribution in [-0.2, 0) is 14.3 Å². The number of carboxylic acids is 1. The van der Waals surface area contributed by atoms with Crippen molar-refractivity contribution in [2.24, 2.45) is 11.8 Å². The van der Waals surface area contributed by atoms with Crippen LogP contribution >= 0.6 is 0 Å². The second-order valence-corrected chi connectivity index (χ2v) is 6.26. The highest BCUT2D eigenvalue weighted by Crippen LogP contribution is 2.31. The molecule has 0 bridgehead atoms. The number of carbonyl (C=O) groups excluding carboxylic acids is 1. The molecule has 120 valence electrons. The van der Waals surface area contributed by atoms with Crippen molar-refractivity contribution in [2.75, 3.05) is 13.2 Å². The maximum absolute atomic E-state index is 12.0. The van der Waals surface area contributed by atoms with E-state index < -0.39 is 11.9 Å². The molecule has 5 nitrogen and oxygen atoms in total. The molecule has 2 saturated carbocycles. The van der Waals surface area contributed by atoms with Crippen molar-refractivity contribution in [1.82, 2.24) is 5.32 Å². The summed E-state index contributed by atoms with van der Waals surface area (Å²) in [5.41, 5.74) is 0. The molecule has 21 heavy (non-hydrogen) atoms. The minimum atomic E-state index is -0.840. The number of aliphatic carboxylic acids is 1. The van der Waals surface area contributed by atoms with Crippen LogP contribution in [0.4, 0.5) is 0 Å². The molecular formula is C16H27NO4. The molecule has 0 aromatic heterocycles. The number of amides is 1. The van der Waals surface area contributed by atoms with Gasteiger partial charge >= 0.3 is 5.97 Å². The summed E-state index contributed by atoms with van der Waals surface area (Å²) in [5.74, 6) is -1.78. The third kappa shape index (κ3) is 4.99. The molecule has 0 unspecified atom stereocenters. The molecule has 0 aromatic rings. The summed E-state index contributed by atoms with van der Waals surface area (Å²) in [6.07, 6.45) is 9.53. The highest BCUT2D eigenvalue weighted by atomic mass is 16.5. The average Bonchev–Trinajstić information content (AvgIpc) is 2.97. The van der Waals surface area contributed by atoms with Gasteiger partial charge in [-0.05, 0) is 32.1 Å². The van der Waals surface area contributed by atoms with Crippen LogP contribution in [0.3, 0.4) is 0 Å². The Morgan fingerprint density at radius 2 is 1.71 bits per heavy atom. The van der Waals surface area contributed by atoms with Crippen LogP contribution in [0.1, 0.15) is 57.8 Å². The zero-order valence-electron chi connectivity index (χ0n) is 12.7. The fourth-order valence-corrected chi connectivity index (χ4v) is 3.47. The molecule has 1 amide bonds. The van der Waals surface area contributed by atoms with Crippen LogP contribution in [0.2, 0.25) is 0 Å². The second kappa shape index (κ2) is 8.37. The SMILES string of the molecule is O=C(O)[C@H]1CCC[C@H]1C(=O)NCCCOC1CCCCC1. The number of carbonyl (C=O) groups is 2. The van der Waals surface area contributed by atoms with Crippen molar-refractivity contribution in [3.8, 4) is 0 Å². The molecular weight excluding hydrogens is 270 g/mol. The summed E-state index contributed by atoms with van der Waals surface area (Å²) in [4.78, 5) is 23.1. The van der Waals surface area contributed by atoms with Gasteiger partial charge in [0.25, 0.3) is 0 Å². The second-order valence-electron chi connectivity index (χ2n) is 6.26. The smallest absolute Gasteiger partial charge is 0.307 e. The molecule has 0 spiro atoms. The minimum absolute atomic E-state index is 0.0995. The summed E-state index contributed by atoms with van der Waals surface area (Å²) < 4.78 is 5.80. The zero-order chi connectivity index (χ0) is 15.1. The Labute approximate surface area is 126 Å². The van der Waals surface area contributed by atoms with Gasteiger partial charge in [-0.25, -0.2) is 0 Å². The Morgan fingerprint density at radius 3 is 2.43 bits per heavy atom. The van der Waals surface area contributed by atoms with Crippen LogP contribution in [-0.4, -0.2) is 36.2 Å². The molecule has 5 heteroatoms. The van der Waals surface area contributed by atoms with Gasteiger partial charge in [-0.2, -0.15) is 0 Å². The van der Waals surface area contributed by atoms with Crippen molar-refractivity contribution in [2.45, 2.75) is 63.9 Å². The lowest BCUT2D eigenvalue weighted by Gasteiger charge is -2.22. The lowest BCUT2D eigenvalue weighted by molar-refractivity contribution is -0.146. The number of carboxylic acid groups (broad SMARTS) is 1. The topological polar surface area (TPSA) is 75.6 Å². The van der Waals surface area contributed by atoms with Gasteiger partial charge in [-0.3, -0.25) is 9.59 Å². The number of rotatable bonds is 7. The van der Waals surface area contributed by atoms with E-state index in [0.29, 0.717) is 32.1 Å². The number of nitrogens with one attached hydrogen (secondary N) is 1. The highest BCUT2D eigenvalue weighted by Gasteiger charge is 2.37. The van der Waals surface area contributed by atoms with E-state index >= 15 is 0 Å². The van der Waals surface area contributed by atoms with E-state index in [1.54, 1.807) is 0 Å². The quantitative estimate of drug-likeness (QED) is 0.707. The Kier molecular flexibility index (Phi) is 6.49. The van der Waals surface area contributed by atoms with Gasteiger partial charge in [0, 0.05) is 13.2 Å². The predicted molar refractivity (Wildman–Crippen MR) is 78.9 cm³/mol. The van der Waals surface area contributed by atoms with Crippen LogP contribution in [0, 0.1) is 11.8 Å². The van der Waals surface area contributed by atoms with E-state index in [0.717, 1.165) is 25.7 Å². The van der Waals surface area contributed by atoms with Gasteiger partial charge in [-0.15, -0.1) is 0 Å². The van der Waals surface area contributed by atoms with Gasteiger partial charge in [-0.1, -0.05) is 25.7 Å². The molecule has 2 N–H and O–H groups in total. The van der Waals surface area contributed by atoms with E-state index in [4.69, 9.17) is 9.84 Å². The fourth-order valence-electron chi connectivity index (χ4n) is 3.47. The normalized spacial score (nSPS) is 26.7. The molecule has 0 heterocycles. The van der Waals surface area contributed by atoms with E-state index in [-0.39, 0.29) is 11.8 Å². The standard InChI is InChI=1S/C16H27NO4/c18-15(13-8-4-9-14(13)16(19)20)17-10-5-11-21-12-6-2-1-3-7-12/h12-14H,1-11H2,(H,17,18)(H,19,20)/t13-,14+/m1/s1. The van der Waals surface area contributed by atoms with Crippen molar-refractivity contribution < 1.29 is 19.4 Å². The molecule has 0 saturated heterocycles. The van der Waals surface area contributed by atoms with Gasteiger partial charge in [0.1, 0.15) is 0 Å². The predicted octanol–water partition coefficient (Wildman–Crippen LogP) is 2.34. The lowest BCUT2D eigenvalue weighted by Crippen LogP contribution is -2.36. The molecule has 2 aliphatic carbocycles. The first-order chi connectivity index (χ1) is 10.2. The average molecular weight is 297 g/mol. The van der Waals surface area contributed by atoms with E-state index in [2.05, 4.69) is 5.32 Å².